The summed E-state index contributed by atoms with van der Waals surface area (Å²) in [5.74, 6) is 0.318. The molecule has 0 aliphatic carbocycles. The Balaban J connectivity index is 0. The average molecular weight is 174 g/mol. The molecule has 0 aliphatic heterocycles. The normalized spacial score (nSPS) is 13.0. The molecule has 0 rings (SSSR count). The highest BCUT2D eigenvalue weighted by Gasteiger charge is 2.00. The van der Waals surface area contributed by atoms with Crippen LogP contribution in [0.3, 0.4) is 0 Å². The number of halogens is 2. The topological polar surface area (TPSA) is 23.5 Å². The summed E-state index contributed by atoms with van der Waals surface area (Å²) >= 11 is 5.32. The first-order chi connectivity index (χ1) is 3.66. The van der Waals surface area contributed by atoms with Crippen LogP contribution in [0.5, 0.6) is 0 Å². The van der Waals surface area contributed by atoms with Gasteiger partial charge in [0.2, 0.25) is 0 Å². The van der Waals surface area contributed by atoms with Crippen molar-refractivity contribution in [3.63, 3.8) is 0 Å². The van der Waals surface area contributed by atoms with E-state index in [1.165, 1.54) is 0 Å². The summed E-state index contributed by atoms with van der Waals surface area (Å²) in [7, 11) is 3.80. The second-order valence-electron chi connectivity index (χ2n) is 2.07. The summed E-state index contributed by atoms with van der Waals surface area (Å²) in [6.07, 6.45) is -0.383. The van der Waals surface area contributed by atoms with E-state index in [1.807, 2.05) is 19.0 Å². The van der Waals surface area contributed by atoms with Crippen LogP contribution in [0.25, 0.3) is 0 Å². The van der Waals surface area contributed by atoms with E-state index in [-0.39, 0.29) is 18.5 Å². The van der Waals surface area contributed by atoms with Crippen molar-refractivity contribution < 1.29 is 5.11 Å². The van der Waals surface area contributed by atoms with Crippen LogP contribution in [0.2, 0.25) is 0 Å². The Labute approximate surface area is 67.2 Å². The molecule has 0 aromatic carbocycles. The molecule has 9 heavy (non-hydrogen) atoms. The van der Waals surface area contributed by atoms with Crippen LogP contribution >= 0.6 is 24.0 Å². The molecule has 0 amide bonds. The molecule has 2 nitrogen and oxygen atoms in total. The van der Waals surface area contributed by atoms with E-state index < -0.39 is 0 Å². The van der Waals surface area contributed by atoms with Gasteiger partial charge in [0.15, 0.2) is 0 Å². The summed E-state index contributed by atoms with van der Waals surface area (Å²) in [5.41, 5.74) is 0. The standard InChI is InChI=1S/C5H12ClNO.ClH/c1-7(2)4-5(8)3-6;/h5,8H,3-4H2,1-2H3;1H. The Hall–Kier alpha value is 0.500. The van der Waals surface area contributed by atoms with Gasteiger partial charge in [-0.15, -0.1) is 24.0 Å². The summed E-state index contributed by atoms with van der Waals surface area (Å²) < 4.78 is 0. The Bertz CT molecular complexity index is 60.9. The molecule has 0 bridgehead atoms. The van der Waals surface area contributed by atoms with Gasteiger partial charge in [-0.25, -0.2) is 0 Å². The van der Waals surface area contributed by atoms with Gasteiger partial charge in [-0.2, -0.15) is 0 Å². The summed E-state index contributed by atoms with van der Waals surface area (Å²) in [6, 6.07) is 0. The first-order valence-electron chi connectivity index (χ1n) is 2.55. The van der Waals surface area contributed by atoms with Crippen molar-refractivity contribution in [3.8, 4) is 0 Å². The van der Waals surface area contributed by atoms with Crippen molar-refractivity contribution >= 4 is 24.0 Å². The molecule has 1 unspecified atom stereocenters. The Kier molecular flexibility index (Phi) is 8.97. The number of rotatable bonds is 3. The lowest BCUT2D eigenvalue weighted by Gasteiger charge is -2.12. The van der Waals surface area contributed by atoms with Crippen molar-refractivity contribution in [3.05, 3.63) is 0 Å². The van der Waals surface area contributed by atoms with Gasteiger partial charge in [0.05, 0.1) is 6.10 Å². The fourth-order valence-corrected chi connectivity index (χ4v) is 0.568. The van der Waals surface area contributed by atoms with E-state index in [0.717, 1.165) is 0 Å². The molecule has 0 fully saturated rings. The number of alkyl halides is 1. The first kappa shape index (κ1) is 12.2. The zero-order valence-electron chi connectivity index (χ0n) is 5.67. The van der Waals surface area contributed by atoms with Crippen molar-refractivity contribution in [1.29, 1.82) is 0 Å². The summed E-state index contributed by atoms with van der Waals surface area (Å²) in [5, 5.41) is 8.85. The monoisotopic (exact) mass is 173 g/mol. The number of hydrogen-bond acceptors (Lipinski definition) is 2. The zero-order valence-corrected chi connectivity index (χ0v) is 7.24. The SMILES string of the molecule is CN(C)CC(O)CCl.Cl. The minimum atomic E-state index is -0.383. The maximum Gasteiger partial charge on any atom is 0.0801 e. The van der Waals surface area contributed by atoms with Crippen molar-refractivity contribution in [2.75, 3.05) is 26.5 Å². The van der Waals surface area contributed by atoms with E-state index in [1.54, 1.807) is 0 Å². The highest BCUT2D eigenvalue weighted by molar-refractivity contribution is 6.18. The highest BCUT2D eigenvalue weighted by Crippen LogP contribution is 1.87. The summed E-state index contributed by atoms with van der Waals surface area (Å²) in [6.45, 7) is 0.642. The molecule has 0 aliphatic rings. The first-order valence-corrected chi connectivity index (χ1v) is 3.09. The number of hydrogen-bond donors (Lipinski definition) is 1. The molecule has 4 heteroatoms. The van der Waals surface area contributed by atoms with Gasteiger partial charge in [-0.05, 0) is 14.1 Å². The molecule has 0 saturated carbocycles. The number of nitrogens with zero attached hydrogens (tertiary/aromatic N) is 1. The van der Waals surface area contributed by atoms with E-state index in [4.69, 9.17) is 16.7 Å². The molecule has 0 radical (unpaired) electrons. The fourth-order valence-electron chi connectivity index (χ4n) is 0.470. The van der Waals surface area contributed by atoms with Gasteiger partial charge in [0.1, 0.15) is 0 Å². The Morgan fingerprint density at radius 3 is 2.11 bits per heavy atom. The van der Waals surface area contributed by atoms with E-state index in [9.17, 15) is 0 Å². The van der Waals surface area contributed by atoms with Gasteiger partial charge >= 0.3 is 0 Å². The van der Waals surface area contributed by atoms with Crippen LogP contribution in [0.15, 0.2) is 0 Å². The molecule has 0 aromatic heterocycles. The van der Waals surface area contributed by atoms with Crippen molar-refractivity contribution in [1.82, 2.24) is 4.90 Å². The lowest BCUT2D eigenvalue weighted by molar-refractivity contribution is 0.157. The van der Waals surface area contributed by atoms with Gasteiger partial charge in [0, 0.05) is 12.4 Å². The van der Waals surface area contributed by atoms with Crippen LogP contribution in [0.1, 0.15) is 0 Å². The highest BCUT2D eigenvalue weighted by atomic mass is 35.5. The third-order valence-electron chi connectivity index (χ3n) is 0.754. The molecule has 0 heterocycles. The maximum atomic E-state index is 8.85. The largest absolute Gasteiger partial charge is 0.391 e. The molecule has 0 aromatic rings. The summed E-state index contributed by atoms with van der Waals surface area (Å²) in [4.78, 5) is 1.90. The maximum absolute atomic E-state index is 8.85. The van der Waals surface area contributed by atoms with Gasteiger partial charge in [-0.3, -0.25) is 0 Å². The Morgan fingerprint density at radius 2 is 2.00 bits per heavy atom. The number of aliphatic hydroxyl groups is 1. The predicted octanol–water partition coefficient (Wildman–Crippen LogP) is 0.569. The van der Waals surface area contributed by atoms with Crippen LogP contribution < -0.4 is 0 Å². The van der Waals surface area contributed by atoms with Crippen molar-refractivity contribution in [2.24, 2.45) is 0 Å². The molecular weight excluding hydrogens is 161 g/mol. The Morgan fingerprint density at radius 1 is 1.56 bits per heavy atom. The van der Waals surface area contributed by atoms with Gasteiger partial charge in [-0.1, -0.05) is 0 Å². The predicted molar refractivity (Wildman–Crippen MR) is 42.5 cm³/mol. The lowest BCUT2D eigenvalue weighted by atomic mass is 10.4. The molecule has 0 saturated heterocycles. The fraction of sp³-hybridized carbons (Fsp3) is 1.00. The minimum absolute atomic E-state index is 0. The molecule has 1 atom stereocenters. The van der Waals surface area contributed by atoms with Crippen LogP contribution in [-0.2, 0) is 0 Å². The quantitative estimate of drug-likeness (QED) is 0.632. The molecule has 1 N–H and O–H groups in total. The number of likely N-dealkylation sites (N-methyl/N-ethyl adjacent to an activating group) is 1. The second-order valence-corrected chi connectivity index (χ2v) is 2.38. The van der Waals surface area contributed by atoms with Crippen molar-refractivity contribution in [2.45, 2.75) is 6.10 Å². The third kappa shape index (κ3) is 8.50. The van der Waals surface area contributed by atoms with Crippen LogP contribution in [0, 0.1) is 0 Å². The van der Waals surface area contributed by atoms with Gasteiger partial charge in [0.25, 0.3) is 0 Å². The number of aliphatic hydroxyl groups excluding tert-OH is 1. The average Bonchev–Trinajstić information content (AvgIpc) is 1.65. The van der Waals surface area contributed by atoms with Crippen LogP contribution in [-0.4, -0.2) is 42.6 Å². The minimum Gasteiger partial charge on any atom is -0.391 e. The molecule has 58 valence electrons. The lowest BCUT2D eigenvalue weighted by Crippen LogP contribution is -2.26. The van der Waals surface area contributed by atoms with Gasteiger partial charge < -0.3 is 10.0 Å². The van der Waals surface area contributed by atoms with Crippen LogP contribution in [0.4, 0.5) is 0 Å². The molecular formula is C5H13Cl2NO. The van der Waals surface area contributed by atoms with E-state index >= 15 is 0 Å². The second kappa shape index (κ2) is 6.62. The van der Waals surface area contributed by atoms with E-state index in [2.05, 4.69) is 0 Å². The van der Waals surface area contributed by atoms with E-state index in [0.29, 0.717) is 12.4 Å². The smallest absolute Gasteiger partial charge is 0.0801 e. The zero-order chi connectivity index (χ0) is 6.57. The third-order valence-corrected chi connectivity index (χ3v) is 1.11. The molecule has 0 spiro atoms.